The standard InChI is InChI=1S/C17H31N3O3/c1-13(21)19-8-10-20(11-9-19)15-7-5-6-14(12-15)18-16(22)23-17(2,3)4/h14-15H,5-12H2,1-4H3,(H,18,22). The van der Waals surface area contributed by atoms with E-state index in [0.717, 1.165) is 45.4 Å². The average molecular weight is 325 g/mol. The molecule has 0 aromatic rings. The van der Waals surface area contributed by atoms with E-state index in [9.17, 15) is 9.59 Å². The first-order valence-electron chi connectivity index (χ1n) is 8.73. The average Bonchev–Trinajstić information content (AvgIpc) is 2.45. The molecular formula is C17H31N3O3. The van der Waals surface area contributed by atoms with Gasteiger partial charge in [0.05, 0.1) is 0 Å². The van der Waals surface area contributed by atoms with Crippen molar-refractivity contribution in [3.05, 3.63) is 0 Å². The van der Waals surface area contributed by atoms with Gasteiger partial charge in [0.15, 0.2) is 0 Å². The molecule has 1 aliphatic carbocycles. The van der Waals surface area contributed by atoms with Crippen LogP contribution < -0.4 is 5.32 Å². The Morgan fingerprint density at radius 2 is 1.74 bits per heavy atom. The van der Waals surface area contributed by atoms with Gasteiger partial charge >= 0.3 is 6.09 Å². The highest BCUT2D eigenvalue weighted by atomic mass is 16.6. The molecule has 0 bridgehead atoms. The molecule has 2 amide bonds. The molecule has 6 heteroatoms. The SMILES string of the molecule is CC(=O)N1CCN(C2CCCC(NC(=O)OC(C)(C)C)C2)CC1. The molecule has 0 aromatic carbocycles. The predicted octanol–water partition coefficient (Wildman–Crippen LogP) is 1.99. The van der Waals surface area contributed by atoms with Gasteiger partial charge in [-0.2, -0.15) is 0 Å². The molecular weight excluding hydrogens is 294 g/mol. The second kappa shape index (κ2) is 7.51. The first-order chi connectivity index (χ1) is 10.7. The van der Waals surface area contributed by atoms with Crippen molar-refractivity contribution in [2.24, 2.45) is 0 Å². The van der Waals surface area contributed by atoms with Gasteiger partial charge in [-0.15, -0.1) is 0 Å². The quantitative estimate of drug-likeness (QED) is 0.843. The minimum atomic E-state index is -0.457. The topological polar surface area (TPSA) is 61.9 Å². The van der Waals surface area contributed by atoms with Crippen LogP contribution in [-0.4, -0.2) is 65.7 Å². The van der Waals surface area contributed by atoms with Gasteiger partial charge in [0.25, 0.3) is 0 Å². The maximum absolute atomic E-state index is 11.9. The summed E-state index contributed by atoms with van der Waals surface area (Å²) in [6.07, 6.45) is 3.97. The van der Waals surface area contributed by atoms with E-state index in [1.54, 1.807) is 6.92 Å². The molecule has 1 aliphatic heterocycles. The Bertz CT molecular complexity index is 425. The van der Waals surface area contributed by atoms with Crippen molar-refractivity contribution in [3.63, 3.8) is 0 Å². The summed E-state index contributed by atoms with van der Waals surface area (Å²) in [6, 6.07) is 0.687. The van der Waals surface area contributed by atoms with Crippen LogP contribution in [0.5, 0.6) is 0 Å². The number of piperazine rings is 1. The fraction of sp³-hybridized carbons (Fsp3) is 0.882. The number of alkyl carbamates (subject to hydrolysis) is 1. The molecule has 0 radical (unpaired) electrons. The molecule has 6 nitrogen and oxygen atoms in total. The summed E-state index contributed by atoms with van der Waals surface area (Å²) in [5, 5.41) is 3.02. The van der Waals surface area contributed by atoms with Crippen LogP contribution in [0.1, 0.15) is 53.4 Å². The summed E-state index contributed by atoms with van der Waals surface area (Å²) in [4.78, 5) is 27.7. The predicted molar refractivity (Wildman–Crippen MR) is 89.2 cm³/mol. The van der Waals surface area contributed by atoms with Crippen LogP contribution in [0, 0.1) is 0 Å². The van der Waals surface area contributed by atoms with Crippen LogP contribution in [0.4, 0.5) is 4.79 Å². The number of amides is 2. The molecule has 0 aromatic heterocycles. The van der Waals surface area contributed by atoms with Crippen LogP contribution >= 0.6 is 0 Å². The molecule has 0 spiro atoms. The van der Waals surface area contributed by atoms with Crippen molar-refractivity contribution in [2.45, 2.75) is 71.1 Å². The van der Waals surface area contributed by atoms with Crippen molar-refractivity contribution in [3.8, 4) is 0 Å². The highest BCUT2D eigenvalue weighted by Crippen LogP contribution is 2.24. The monoisotopic (exact) mass is 325 g/mol. The maximum Gasteiger partial charge on any atom is 0.407 e. The molecule has 132 valence electrons. The second-order valence-electron chi connectivity index (χ2n) is 7.71. The highest BCUT2D eigenvalue weighted by Gasteiger charge is 2.30. The van der Waals surface area contributed by atoms with E-state index < -0.39 is 5.60 Å². The minimum Gasteiger partial charge on any atom is -0.444 e. The van der Waals surface area contributed by atoms with Gasteiger partial charge in [-0.25, -0.2) is 4.79 Å². The lowest BCUT2D eigenvalue weighted by molar-refractivity contribution is -0.131. The second-order valence-corrected chi connectivity index (χ2v) is 7.71. The Labute approximate surface area is 139 Å². The first kappa shape index (κ1) is 18.0. The molecule has 1 N–H and O–H groups in total. The van der Waals surface area contributed by atoms with Gasteiger partial charge < -0.3 is 15.0 Å². The number of carbonyl (C=O) groups excluding carboxylic acids is 2. The van der Waals surface area contributed by atoms with Crippen molar-refractivity contribution in [2.75, 3.05) is 26.2 Å². The number of nitrogens with zero attached hydrogens (tertiary/aromatic N) is 2. The van der Waals surface area contributed by atoms with Gasteiger partial charge in [0.2, 0.25) is 5.91 Å². The molecule has 2 atom stereocenters. The summed E-state index contributed by atoms with van der Waals surface area (Å²) in [5.41, 5.74) is -0.457. The lowest BCUT2D eigenvalue weighted by Crippen LogP contribution is -2.54. The lowest BCUT2D eigenvalue weighted by Gasteiger charge is -2.42. The van der Waals surface area contributed by atoms with E-state index >= 15 is 0 Å². The number of carbonyl (C=O) groups is 2. The third-order valence-electron chi connectivity index (χ3n) is 4.64. The van der Waals surface area contributed by atoms with E-state index in [2.05, 4.69) is 10.2 Å². The van der Waals surface area contributed by atoms with E-state index in [4.69, 9.17) is 4.74 Å². The summed E-state index contributed by atoms with van der Waals surface area (Å²) in [6.45, 7) is 10.8. The van der Waals surface area contributed by atoms with Crippen LogP contribution in [0.25, 0.3) is 0 Å². The Balaban J connectivity index is 1.80. The van der Waals surface area contributed by atoms with Gasteiger partial charge in [0.1, 0.15) is 5.60 Å². The smallest absolute Gasteiger partial charge is 0.407 e. The zero-order valence-electron chi connectivity index (χ0n) is 14.9. The van der Waals surface area contributed by atoms with E-state index in [1.807, 2.05) is 25.7 Å². The summed E-state index contributed by atoms with van der Waals surface area (Å²) < 4.78 is 5.35. The van der Waals surface area contributed by atoms with Crippen LogP contribution in [-0.2, 0) is 9.53 Å². The highest BCUT2D eigenvalue weighted by molar-refractivity contribution is 5.73. The Hall–Kier alpha value is -1.30. The van der Waals surface area contributed by atoms with Crippen molar-refractivity contribution in [1.82, 2.24) is 15.1 Å². The van der Waals surface area contributed by atoms with Crippen molar-refractivity contribution >= 4 is 12.0 Å². The van der Waals surface area contributed by atoms with Crippen LogP contribution in [0.15, 0.2) is 0 Å². The summed E-state index contributed by atoms with van der Waals surface area (Å²) >= 11 is 0. The zero-order chi connectivity index (χ0) is 17.0. The molecule has 1 heterocycles. The molecule has 2 rings (SSSR count). The first-order valence-corrected chi connectivity index (χ1v) is 8.73. The van der Waals surface area contributed by atoms with Gasteiger partial charge in [-0.1, -0.05) is 0 Å². The number of nitrogens with one attached hydrogen (secondary N) is 1. The molecule has 1 saturated carbocycles. The molecule has 2 unspecified atom stereocenters. The molecule has 23 heavy (non-hydrogen) atoms. The van der Waals surface area contributed by atoms with E-state index in [-0.39, 0.29) is 18.0 Å². The van der Waals surface area contributed by atoms with E-state index in [1.165, 1.54) is 6.42 Å². The summed E-state index contributed by atoms with van der Waals surface area (Å²) in [5.74, 6) is 0.165. The van der Waals surface area contributed by atoms with Crippen LogP contribution in [0.2, 0.25) is 0 Å². The Morgan fingerprint density at radius 3 is 2.30 bits per heavy atom. The zero-order valence-corrected chi connectivity index (χ0v) is 14.9. The molecule has 1 saturated heterocycles. The van der Waals surface area contributed by atoms with Crippen LogP contribution in [0.3, 0.4) is 0 Å². The Kier molecular flexibility index (Phi) is 5.89. The minimum absolute atomic E-state index is 0.165. The normalized spacial score (nSPS) is 26.7. The third kappa shape index (κ3) is 5.68. The number of hydrogen-bond acceptors (Lipinski definition) is 4. The van der Waals surface area contributed by atoms with Crippen molar-refractivity contribution < 1.29 is 14.3 Å². The maximum atomic E-state index is 11.9. The summed E-state index contributed by atoms with van der Waals surface area (Å²) in [7, 11) is 0. The largest absolute Gasteiger partial charge is 0.444 e. The number of hydrogen-bond donors (Lipinski definition) is 1. The number of ether oxygens (including phenoxy) is 1. The number of rotatable bonds is 2. The van der Waals surface area contributed by atoms with Gasteiger partial charge in [-0.05, 0) is 46.5 Å². The van der Waals surface area contributed by atoms with Gasteiger partial charge in [-0.3, -0.25) is 9.69 Å². The molecule has 2 fully saturated rings. The molecule has 2 aliphatic rings. The fourth-order valence-corrected chi connectivity index (χ4v) is 3.50. The van der Waals surface area contributed by atoms with Crippen molar-refractivity contribution in [1.29, 1.82) is 0 Å². The Morgan fingerprint density at radius 1 is 1.09 bits per heavy atom. The third-order valence-corrected chi connectivity index (χ3v) is 4.64. The van der Waals surface area contributed by atoms with Gasteiger partial charge in [0, 0.05) is 45.2 Å². The fourth-order valence-electron chi connectivity index (χ4n) is 3.50. The van der Waals surface area contributed by atoms with E-state index in [0.29, 0.717) is 6.04 Å². The lowest BCUT2D eigenvalue weighted by atomic mass is 9.89.